The molecule has 5 nitrogen and oxygen atoms in total. The number of fused-ring (bicyclic) bond motifs is 2. The van der Waals surface area contributed by atoms with E-state index in [9.17, 15) is 26.4 Å². The number of pyridine rings is 1. The standard InChI is InChI=1S/C20H23F3N2O3S/c1-24-18-9-8-14(11-15(18)16(12-19(24)26)20(21,22)23)29(27,28)25-10-4-6-13-5-2-3-7-17(13)25/h8-9,11-13,17H,2-7,10H2,1H3. The number of hydrogen-bond acceptors (Lipinski definition) is 3. The fourth-order valence-electron chi connectivity index (χ4n) is 4.85. The molecule has 0 spiro atoms. The molecule has 4 rings (SSSR count). The molecule has 1 saturated heterocycles. The number of nitrogens with zero attached hydrogens (tertiary/aromatic N) is 2. The molecule has 1 aromatic carbocycles. The summed E-state index contributed by atoms with van der Waals surface area (Å²) in [6.45, 7) is 0.390. The van der Waals surface area contributed by atoms with E-state index in [4.69, 9.17) is 0 Å². The van der Waals surface area contributed by atoms with Gasteiger partial charge in [-0.1, -0.05) is 12.8 Å². The predicted molar refractivity (Wildman–Crippen MR) is 103 cm³/mol. The number of aryl methyl sites for hydroxylation is 1. The zero-order valence-corrected chi connectivity index (χ0v) is 16.9. The van der Waals surface area contributed by atoms with E-state index in [1.807, 2.05) is 0 Å². The molecule has 2 aromatic rings. The smallest absolute Gasteiger partial charge is 0.311 e. The van der Waals surface area contributed by atoms with Gasteiger partial charge in [0.25, 0.3) is 5.56 Å². The molecule has 0 bridgehead atoms. The van der Waals surface area contributed by atoms with E-state index in [2.05, 4.69) is 0 Å². The third-order valence-corrected chi connectivity index (χ3v) is 8.24. The number of hydrogen-bond donors (Lipinski definition) is 0. The molecule has 29 heavy (non-hydrogen) atoms. The second-order valence-electron chi connectivity index (χ2n) is 8.00. The van der Waals surface area contributed by atoms with Crippen LogP contribution in [0.4, 0.5) is 13.2 Å². The molecule has 2 aliphatic rings. The Bertz CT molecular complexity index is 1110. The molecular formula is C20H23F3N2O3S. The Morgan fingerprint density at radius 2 is 1.72 bits per heavy atom. The second kappa shape index (κ2) is 7.12. The Hall–Kier alpha value is -1.87. The Balaban J connectivity index is 1.85. The van der Waals surface area contributed by atoms with Crippen LogP contribution in [0.1, 0.15) is 44.1 Å². The minimum absolute atomic E-state index is 0.0537. The van der Waals surface area contributed by atoms with E-state index in [1.54, 1.807) is 0 Å². The molecule has 1 aromatic heterocycles. The van der Waals surface area contributed by atoms with Gasteiger partial charge in [0.1, 0.15) is 0 Å². The SMILES string of the molecule is Cn1c(=O)cc(C(F)(F)F)c2cc(S(=O)(=O)N3CCCC4CCCCC43)ccc21. The van der Waals surface area contributed by atoms with Crippen LogP contribution in [0.25, 0.3) is 10.9 Å². The van der Waals surface area contributed by atoms with Crippen molar-refractivity contribution in [3.8, 4) is 0 Å². The van der Waals surface area contributed by atoms with Gasteiger partial charge in [-0.05, 0) is 49.8 Å². The third kappa shape index (κ3) is 3.48. The van der Waals surface area contributed by atoms with Crippen molar-refractivity contribution in [2.24, 2.45) is 13.0 Å². The average molecular weight is 428 g/mol. The first-order valence-electron chi connectivity index (χ1n) is 9.83. The van der Waals surface area contributed by atoms with E-state index >= 15 is 0 Å². The molecule has 0 N–H and O–H groups in total. The van der Waals surface area contributed by atoms with Crippen LogP contribution < -0.4 is 5.56 Å². The summed E-state index contributed by atoms with van der Waals surface area (Å²) in [5.74, 6) is 0.319. The topological polar surface area (TPSA) is 59.4 Å². The third-order valence-electron chi connectivity index (χ3n) is 6.32. The minimum Gasteiger partial charge on any atom is -0.311 e. The van der Waals surface area contributed by atoms with Crippen molar-refractivity contribution >= 4 is 20.9 Å². The van der Waals surface area contributed by atoms with Gasteiger partial charge in [-0.3, -0.25) is 4.79 Å². The molecule has 2 unspecified atom stereocenters. The van der Waals surface area contributed by atoms with Gasteiger partial charge in [-0.15, -0.1) is 0 Å². The zero-order chi connectivity index (χ0) is 21.0. The lowest BCUT2D eigenvalue weighted by molar-refractivity contribution is -0.136. The maximum absolute atomic E-state index is 13.5. The number of rotatable bonds is 2. The predicted octanol–water partition coefficient (Wildman–Crippen LogP) is 3.90. The van der Waals surface area contributed by atoms with Crippen LogP contribution in [0.15, 0.2) is 34.0 Å². The van der Waals surface area contributed by atoms with Crippen molar-refractivity contribution in [1.29, 1.82) is 0 Å². The minimum atomic E-state index is -4.76. The summed E-state index contributed by atoms with van der Waals surface area (Å²) in [6, 6.07) is 4.11. The first-order valence-corrected chi connectivity index (χ1v) is 11.3. The maximum Gasteiger partial charge on any atom is 0.417 e. The number of halogens is 3. The first kappa shape index (κ1) is 20.4. The molecule has 0 amide bonds. The molecule has 9 heteroatoms. The quantitative estimate of drug-likeness (QED) is 0.729. The van der Waals surface area contributed by atoms with Gasteiger partial charge in [0.15, 0.2) is 0 Å². The van der Waals surface area contributed by atoms with Gasteiger partial charge >= 0.3 is 6.18 Å². The van der Waals surface area contributed by atoms with Gasteiger partial charge in [-0.25, -0.2) is 8.42 Å². The van der Waals surface area contributed by atoms with E-state index in [0.717, 1.165) is 49.2 Å². The molecule has 1 saturated carbocycles. The van der Waals surface area contributed by atoms with Crippen LogP contribution in [0.2, 0.25) is 0 Å². The Labute approximate surface area is 167 Å². The maximum atomic E-state index is 13.5. The largest absolute Gasteiger partial charge is 0.417 e. The highest BCUT2D eigenvalue weighted by Crippen LogP contribution is 2.39. The summed E-state index contributed by atoms with van der Waals surface area (Å²) in [7, 11) is -2.56. The van der Waals surface area contributed by atoms with Gasteiger partial charge in [0.2, 0.25) is 10.0 Å². The normalized spacial score (nSPS) is 23.9. The number of aromatic nitrogens is 1. The average Bonchev–Trinajstić information content (AvgIpc) is 2.69. The summed E-state index contributed by atoms with van der Waals surface area (Å²) in [5, 5.41) is -0.280. The molecule has 0 radical (unpaired) electrons. The Morgan fingerprint density at radius 1 is 1.03 bits per heavy atom. The van der Waals surface area contributed by atoms with Crippen LogP contribution in [-0.2, 0) is 23.2 Å². The van der Waals surface area contributed by atoms with Crippen molar-refractivity contribution in [3.05, 3.63) is 40.2 Å². The lowest BCUT2D eigenvalue weighted by atomic mass is 9.79. The van der Waals surface area contributed by atoms with E-state index in [-0.39, 0.29) is 21.8 Å². The van der Waals surface area contributed by atoms with Crippen molar-refractivity contribution in [2.75, 3.05) is 6.54 Å². The zero-order valence-electron chi connectivity index (χ0n) is 16.1. The Kier molecular flexibility index (Phi) is 5.01. The highest BCUT2D eigenvalue weighted by atomic mass is 32.2. The van der Waals surface area contributed by atoms with Crippen molar-refractivity contribution < 1.29 is 21.6 Å². The van der Waals surface area contributed by atoms with Crippen molar-refractivity contribution in [3.63, 3.8) is 0 Å². The molecule has 1 aliphatic carbocycles. The highest BCUT2D eigenvalue weighted by molar-refractivity contribution is 7.89. The van der Waals surface area contributed by atoms with Crippen LogP contribution in [0, 0.1) is 5.92 Å². The highest BCUT2D eigenvalue weighted by Gasteiger charge is 2.40. The van der Waals surface area contributed by atoms with E-state index in [1.165, 1.54) is 23.5 Å². The lowest BCUT2D eigenvalue weighted by Gasteiger charge is -2.43. The summed E-state index contributed by atoms with van der Waals surface area (Å²) < 4.78 is 69.9. The summed E-state index contributed by atoms with van der Waals surface area (Å²) in [5.41, 5.74) is -1.85. The molecule has 1 aliphatic heterocycles. The fourth-order valence-corrected chi connectivity index (χ4v) is 6.63. The monoisotopic (exact) mass is 428 g/mol. The van der Waals surface area contributed by atoms with Gasteiger partial charge in [-0.2, -0.15) is 17.5 Å². The van der Waals surface area contributed by atoms with Gasteiger partial charge in [0.05, 0.1) is 16.0 Å². The molecule has 2 fully saturated rings. The van der Waals surface area contributed by atoms with E-state index < -0.39 is 27.3 Å². The van der Waals surface area contributed by atoms with E-state index in [0.29, 0.717) is 18.5 Å². The summed E-state index contributed by atoms with van der Waals surface area (Å²) in [6.07, 6.45) is 0.840. The van der Waals surface area contributed by atoms with Crippen molar-refractivity contribution in [2.45, 2.75) is 55.6 Å². The number of sulfonamides is 1. The number of benzene rings is 1. The van der Waals surface area contributed by atoms with Crippen molar-refractivity contribution in [1.82, 2.24) is 8.87 Å². The molecule has 158 valence electrons. The lowest BCUT2D eigenvalue weighted by Crippen LogP contribution is -2.49. The second-order valence-corrected chi connectivity index (χ2v) is 9.89. The summed E-state index contributed by atoms with van der Waals surface area (Å²) in [4.78, 5) is 11.8. The molecule has 2 atom stereocenters. The molecule has 2 heterocycles. The Morgan fingerprint density at radius 3 is 2.45 bits per heavy atom. The molecular weight excluding hydrogens is 405 g/mol. The number of alkyl halides is 3. The number of piperidine rings is 1. The van der Waals surface area contributed by atoms with Crippen LogP contribution >= 0.6 is 0 Å². The van der Waals surface area contributed by atoms with Crippen LogP contribution in [0.5, 0.6) is 0 Å². The fraction of sp³-hybridized carbons (Fsp3) is 0.550. The summed E-state index contributed by atoms with van der Waals surface area (Å²) >= 11 is 0. The first-order chi connectivity index (χ1) is 13.6. The van der Waals surface area contributed by atoms with Crippen LogP contribution in [0.3, 0.4) is 0 Å². The van der Waals surface area contributed by atoms with Crippen LogP contribution in [-0.4, -0.2) is 29.9 Å². The van der Waals surface area contributed by atoms with Gasteiger partial charge in [0, 0.05) is 31.1 Å². The van der Waals surface area contributed by atoms with Gasteiger partial charge < -0.3 is 4.57 Å².